The van der Waals surface area contributed by atoms with Crippen molar-refractivity contribution in [1.82, 2.24) is 4.90 Å². The first kappa shape index (κ1) is 14.2. The van der Waals surface area contributed by atoms with Gasteiger partial charge in [0.1, 0.15) is 12.4 Å². The fourth-order valence-electron chi connectivity index (χ4n) is 1.61. The predicted octanol–water partition coefficient (Wildman–Crippen LogP) is 1.90. The summed E-state index contributed by atoms with van der Waals surface area (Å²) in [6.07, 6.45) is 0. The number of hydrogen-bond acceptors (Lipinski definition) is 5. The largest absolute Gasteiger partial charge is 0.490 e. The van der Waals surface area contributed by atoms with Gasteiger partial charge in [0, 0.05) is 18.7 Å². The molecule has 0 aliphatic heterocycles. The van der Waals surface area contributed by atoms with Crippen LogP contribution in [0.3, 0.4) is 0 Å². The molecule has 0 saturated carbocycles. The lowest BCUT2D eigenvalue weighted by atomic mass is 10.2. The number of non-ortho nitro benzene ring substituents is 1. The van der Waals surface area contributed by atoms with Gasteiger partial charge in [-0.1, -0.05) is 13.8 Å². The number of likely N-dealkylation sites (N-methyl/N-ethyl adjacent to an activating group) is 1. The summed E-state index contributed by atoms with van der Waals surface area (Å²) >= 11 is 0. The maximum atomic E-state index is 10.5. The summed E-state index contributed by atoms with van der Waals surface area (Å²) in [5, 5.41) is 10.5. The molecule has 6 nitrogen and oxygen atoms in total. The van der Waals surface area contributed by atoms with Crippen molar-refractivity contribution in [2.75, 3.05) is 32.0 Å². The molecule has 6 heteroatoms. The quantitative estimate of drug-likeness (QED) is 0.456. The van der Waals surface area contributed by atoms with Crippen molar-refractivity contribution in [3.63, 3.8) is 0 Å². The Morgan fingerprint density at radius 1 is 1.39 bits per heavy atom. The maximum absolute atomic E-state index is 10.5. The van der Waals surface area contributed by atoms with Crippen molar-refractivity contribution in [3.05, 3.63) is 28.3 Å². The number of hydrogen-bond donors (Lipinski definition) is 1. The molecule has 100 valence electrons. The Morgan fingerprint density at radius 3 is 2.56 bits per heavy atom. The van der Waals surface area contributed by atoms with Crippen LogP contribution in [-0.4, -0.2) is 36.1 Å². The second-order valence-electron chi connectivity index (χ2n) is 3.85. The van der Waals surface area contributed by atoms with E-state index in [2.05, 4.69) is 18.7 Å². The van der Waals surface area contributed by atoms with Crippen LogP contribution in [0.4, 0.5) is 11.4 Å². The van der Waals surface area contributed by atoms with Crippen LogP contribution in [0.2, 0.25) is 0 Å². The van der Waals surface area contributed by atoms with E-state index in [0.717, 1.165) is 19.6 Å². The third-order valence-electron chi connectivity index (χ3n) is 2.76. The van der Waals surface area contributed by atoms with Gasteiger partial charge in [-0.05, 0) is 19.2 Å². The van der Waals surface area contributed by atoms with Gasteiger partial charge in [-0.2, -0.15) is 0 Å². The van der Waals surface area contributed by atoms with Crippen LogP contribution in [0.15, 0.2) is 18.2 Å². The number of anilines is 1. The van der Waals surface area contributed by atoms with Crippen LogP contribution < -0.4 is 10.5 Å². The topological polar surface area (TPSA) is 81.6 Å². The molecule has 0 saturated heterocycles. The SMILES string of the molecule is CCN(CC)CCOc1ccc([N+](=O)[O-])cc1N. The Balaban J connectivity index is 2.55. The summed E-state index contributed by atoms with van der Waals surface area (Å²) in [4.78, 5) is 12.3. The molecule has 1 aromatic carbocycles. The van der Waals surface area contributed by atoms with Gasteiger partial charge in [-0.25, -0.2) is 0 Å². The van der Waals surface area contributed by atoms with E-state index in [4.69, 9.17) is 10.5 Å². The highest BCUT2D eigenvalue weighted by molar-refractivity contribution is 5.58. The molecule has 0 fully saturated rings. The third kappa shape index (κ3) is 3.89. The molecule has 0 heterocycles. The normalized spacial score (nSPS) is 10.6. The smallest absolute Gasteiger partial charge is 0.271 e. The highest BCUT2D eigenvalue weighted by Gasteiger charge is 2.09. The summed E-state index contributed by atoms with van der Waals surface area (Å²) in [6, 6.07) is 4.24. The molecule has 0 amide bonds. The number of ether oxygens (including phenoxy) is 1. The average molecular weight is 253 g/mol. The number of nitrogens with two attached hydrogens (primary N) is 1. The van der Waals surface area contributed by atoms with Gasteiger partial charge >= 0.3 is 0 Å². The van der Waals surface area contributed by atoms with Crippen molar-refractivity contribution in [2.45, 2.75) is 13.8 Å². The monoisotopic (exact) mass is 253 g/mol. The number of rotatable bonds is 7. The summed E-state index contributed by atoms with van der Waals surface area (Å²) in [6.45, 7) is 7.44. The second-order valence-corrected chi connectivity index (χ2v) is 3.85. The van der Waals surface area contributed by atoms with Crippen LogP contribution in [0.1, 0.15) is 13.8 Å². The zero-order valence-corrected chi connectivity index (χ0v) is 10.8. The first-order valence-corrected chi connectivity index (χ1v) is 5.97. The highest BCUT2D eigenvalue weighted by Crippen LogP contribution is 2.26. The van der Waals surface area contributed by atoms with Gasteiger partial charge in [0.15, 0.2) is 0 Å². The first-order chi connectivity index (χ1) is 8.58. The number of benzene rings is 1. The molecule has 1 aromatic rings. The fourth-order valence-corrected chi connectivity index (χ4v) is 1.61. The van der Waals surface area contributed by atoms with Gasteiger partial charge in [-0.15, -0.1) is 0 Å². The molecule has 0 unspecified atom stereocenters. The maximum Gasteiger partial charge on any atom is 0.271 e. The Kier molecular flexibility index (Phi) is 5.38. The van der Waals surface area contributed by atoms with Crippen molar-refractivity contribution in [3.8, 4) is 5.75 Å². The van der Waals surface area contributed by atoms with E-state index in [9.17, 15) is 10.1 Å². The number of nitrogens with zero attached hydrogens (tertiary/aromatic N) is 2. The number of nitro groups is 1. The van der Waals surface area contributed by atoms with E-state index < -0.39 is 4.92 Å². The van der Waals surface area contributed by atoms with E-state index in [0.29, 0.717) is 18.0 Å². The number of nitrogen functional groups attached to an aromatic ring is 1. The third-order valence-corrected chi connectivity index (χ3v) is 2.76. The molecule has 0 radical (unpaired) electrons. The van der Waals surface area contributed by atoms with Crippen molar-refractivity contribution in [1.29, 1.82) is 0 Å². The van der Waals surface area contributed by atoms with Crippen molar-refractivity contribution in [2.24, 2.45) is 0 Å². The molecule has 0 aromatic heterocycles. The Bertz CT molecular complexity index is 406. The average Bonchev–Trinajstić information content (AvgIpc) is 2.36. The van der Waals surface area contributed by atoms with E-state index in [1.165, 1.54) is 18.2 Å². The van der Waals surface area contributed by atoms with Crippen LogP contribution in [0.5, 0.6) is 5.75 Å². The molecule has 2 N–H and O–H groups in total. The lowest BCUT2D eigenvalue weighted by Crippen LogP contribution is -2.28. The molecule has 0 aliphatic rings. The summed E-state index contributed by atoms with van der Waals surface area (Å²) in [5.41, 5.74) is 5.97. The van der Waals surface area contributed by atoms with Crippen molar-refractivity contribution >= 4 is 11.4 Å². The minimum atomic E-state index is -0.476. The van der Waals surface area contributed by atoms with E-state index in [-0.39, 0.29) is 5.69 Å². The summed E-state index contributed by atoms with van der Waals surface area (Å²) in [7, 11) is 0. The van der Waals surface area contributed by atoms with Gasteiger partial charge in [0.25, 0.3) is 5.69 Å². The lowest BCUT2D eigenvalue weighted by Gasteiger charge is -2.18. The standard InChI is InChI=1S/C12H19N3O3/c1-3-14(4-2)7-8-18-12-6-5-10(15(16)17)9-11(12)13/h5-6,9H,3-4,7-8,13H2,1-2H3. The molecule has 0 atom stereocenters. The minimum Gasteiger partial charge on any atom is -0.490 e. The van der Waals surface area contributed by atoms with Crippen LogP contribution in [0.25, 0.3) is 0 Å². The second kappa shape index (κ2) is 6.80. The summed E-state index contributed by atoms with van der Waals surface area (Å²) < 4.78 is 5.52. The molecule has 0 bridgehead atoms. The van der Waals surface area contributed by atoms with Crippen LogP contribution in [0, 0.1) is 10.1 Å². The van der Waals surface area contributed by atoms with Gasteiger partial charge < -0.3 is 15.4 Å². The predicted molar refractivity (Wildman–Crippen MR) is 70.8 cm³/mol. The first-order valence-electron chi connectivity index (χ1n) is 5.97. The zero-order chi connectivity index (χ0) is 13.5. The zero-order valence-electron chi connectivity index (χ0n) is 10.8. The molecular formula is C12H19N3O3. The minimum absolute atomic E-state index is 0.0245. The van der Waals surface area contributed by atoms with E-state index >= 15 is 0 Å². The molecule has 18 heavy (non-hydrogen) atoms. The molecule has 1 rings (SSSR count). The summed E-state index contributed by atoms with van der Waals surface area (Å²) in [5.74, 6) is 0.493. The van der Waals surface area contributed by atoms with Crippen LogP contribution >= 0.6 is 0 Å². The Morgan fingerprint density at radius 2 is 2.06 bits per heavy atom. The highest BCUT2D eigenvalue weighted by atomic mass is 16.6. The molecule has 0 spiro atoms. The molecular weight excluding hydrogens is 234 g/mol. The fraction of sp³-hybridized carbons (Fsp3) is 0.500. The lowest BCUT2D eigenvalue weighted by molar-refractivity contribution is -0.384. The van der Waals surface area contributed by atoms with Crippen molar-refractivity contribution < 1.29 is 9.66 Å². The van der Waals surface area contributed by atoms with Gasteiger partial charge in [0.2, 0.25) is 0 Å². The Labute approximate surface area is 106 Å². The van der Waals surface area contributed by atoms with Crippen LogP contribution in [-0.2, 0) is 0 Å². The molecule has 0 aliphatic carbocycles. The van der Waals surface area contributed by atoms with E-state index in [1.54, 1.807) is 0 Å². The van der Waals surface area contributed by atoms with Gasteiger partial charge in [0.05, 0.1) is 10.6 Å². The Hall–Kier alpha value is -1.82. The van der Waals surface area contributed by atoms with E-state index in [1.807, 2.05) is 0 Å². The van der Waals surface area contributed by atoms with Gasteiger partial charge in [-0.3, -0.25) is 10.1 Å². The number of nitro benzene ring substituents is 1.